The van der Waals surface area contributed by atoms with Crippen molar-refractivity contribution in [2.24, 2.45) is 5.92 Å². The van der Waals surface area contributed by atoms with Crippen molar-refractivity contribution in [3.8, 4) is 0 Å². The summed E-state index contributed by atoms with van der Waals surface area (Å²) in [7, 11) is 3.99. The van der Waals surface area contributed by atoms with Crippen molar-refractivity contribution in [3.05, 3.63) is 57.0 Å². The monoisotopic (exact) mass is 488 g/mol. The molecule has 3 aromatic rings. The molecule has 0 radical (unpaired) electrons. The van der Waals surface area contributed by atoms with Crippen LogP contribution in [0.15, 0.2) is 33.9 Å². The Bertz CT molecular complexity index is 1320. The highest BCUT2D eigenvalue weighted by Gasteiger charge is 2.41. The van der Waals surface area contributed by atoms with E-state index >= 15 is 0 Å². The van der Waals surface area contributed by atoms with Crippen LogP contribution in [0.4, 0.5) is 10.1 Å². The molecular formula is C24H26ClFN4O4. The number of halogens is 2. The summed E-state index contributed by atoms with van der Waals surface area (Å²) < 4.78 is 21.3. The number of hydrogen-bond acceptors (Lipinski definition) is 6. The number of oxazole rings is 1. The second-order valence-corrected chi connectivity index (χ2v) is 9.81. The van der Waals surface area contributed by atoms with Gasteiger partial charge in [-0.25, -0.2) is 14.2 Å². The van der Waals surface area contributed by atoms with E-state index in [0.29, 0.717) is 29.4 Å². The average molecular weight is 489 g/mol. The zero-order chi connectivity index (χ0) is 24.3. The summed E-state index contributed by atoms with van der Waals surface area (Å²) in [5.74, 6) is -0.441. The van der Waals surface area contributed by atoms with E-state index < -0.39 is 23.6 Å². The first-order valence-electron chi connectivity index (χ1n) is 11.2. The molecule has 4 unspecified atom stereocenters. The number of nitrogens with zero attached hydrogens (tertiary/aromatic N) is 4. The number of carbonyl (C=O) groups is 1. The third kappa shape index (κ3) is 3.67. The molecule has 4 atom stereocenters. The van der Waals surface area contributed by atoms with Gasteiger partial charge in [0, 0.05) is 37.0 Å². The number of aromatic nitrogens is 2. The molecule has 0 bridgehead atoms. The lowest BCUT2D eigenvalue weighted by Gasteiger charge is -2.29. The Morgan fingerprint density at radius 1 is 1.41 bits per heavy atom. The molecule has 10 heteroatoms. The van der Waals surface area contributed by atoms with E-state index in [1.54, 1.807) is 17.0 Å². The maximum Gasteiger partial charge on any atom is 0.341 e. The van der Waals surface area contributed by atoms with E-state index in [-0.39, 0.29) is 22.9 Å². The number of rotatable bonds is 6. The summed E-state index contributed by atoms with van der Waals surface area (Å²) in [6.07, 6.45) is 4.61. The number of aromatic carboxylic acids is 1. The second kappa shape index (κ2) is 8.39. The fourth-order valence-electron chi connectivity index (χ4n) is 5.38. The number of hydrogen-bond donors (Lipinski definition) is 1. The summed E-state index contributed by atoms with van der Waals surface area (Å²) in [6, 6.07) is 1.04. The number of benzene rings is 1. The normalized spacial score (nSPS) is 23.1. The largest absolute Gasteiger partial charge is 0.477 e. The highest BCUT2D eigenvalue weighted by atomic mass is 35.5. The minimum atomic E-state index is -1.33. The molecule has 1 aliphatic carbocycles. The van der Waals surface area contributed by atoms with Crippen LogP contribution in [0.3, 0.4) is 0 Å². The standard InChI is InChI=1S/C24H26ClFN4O4/c1-12-19-14(22(31)15(24(32)33)11-30(19)18-9-17(18)26)8-16(25)20(12)29-6-4-13(10-29)21(28(2)3)23-27-5-7-34-23/h5,7-8,11,13,17-18,21H,4,6,9-10H2,1-3H3,(H,32,33). The Morgan fingerprint density at radius 2 is 2.15 bits per heavy atom. The topological polar surface area (TPSA) is 91.8 Å². The molecule has 5 rings (SSSR count). The van der Waals surface area contributed by atoms with Crippen LogP contribution in [0.2, 0.25) is 5.02 Å². The number of aryl methyl sites for hydroxylation is 1. The summed E-state index contributed by atoms with van der Waals surface area (Å²) in [4.78, 5) is 33.3. The van der Waals surface area contributed by atoms with Gasteiger partial charge < -0.3 is 19.0 Å². The third-order valence-electron chi connectivity index (χ3n) is 7.00. The molecule has 2 aromatic heterocycles. The Morgan fingerprint density at radius 3 is 2.74 bits per heavy atom. The smallest absolute Gasteiger partial charge is 0.341 e. The Kier molecular flexibility index (Phi) is 5.64. The van der Waals surface area contributed by atoms with Gasteiger partial charge in [-0.05, 0) is 39.1 Å². The second-order valence-electron chi connectivity index (χ2n) is 9.41. The molecule has 34 heavy (non-hydrogen) atoms. The number of carboxylic acid groups (broad SMARTS) is 1. The number of pyridine rings is 1. The highest BCUT2D eigenvalue weighted by molar-refractivity contribution is 6.34. The predicted molar refractivity (Wildman–Crippen MR) is 127 cm³/mol. The molecule has 2 fully saturated rings. The Balaban J connectivity index is 1.59. The first-order chi connectivity index (χ1) is 16.2. The zero-order valence-electron chi connectivity index (χ0n) is 19.2. The molecule has 0 amide bonds. The summed E-state index contributed by atoms with van der Waals surface area (Å²) in [5, 5.41) is 10.1. The first kappa shape index (κ1) is 22.9. The van der Waals surface area contributed by atoms with Gasteiger partial charge in [0.2, 0.25) is 11.3 Å². The number of alkyl halides is 1. The van der Waals surface area contributed by atoms with E-state index in [0.717, 1.165) is 24.2 Å². The lowest BCUT2D eigenvalue weighted by molar-refractivity contribution is 0.0694. The van der Waals surface area contributed by atoms with Crippen LogP contribution in [0.5, 0.6) is 0 Å². The number of carboxylic acids is 1. The molecule has 1 aromatic carbocycles. The molecule has 1 aliphatic heterocycles. The van der Waals surface area contributed by atoms with Crippen molar-refractivity contribution in [3.63, 3.8) is 0 Å². The Labute approximate surface area is 200 Å². The fourth-order valence-corrected chi connectivity index (χ4v) is 5.76. The van der Waals surface area contributed by atoms with Crippen molar-refractivity contribution >= 4 is 34.2 Å². The van der Waals surface area contributed by atoms with Gasteiger partial charge in [0.05, 0.1) is 34.5 Å². The fraction of sp³-hybridized carbons (Fsp3) is 0.458. The molecule has 1 saturated heterocycles. The SMILES string of the molecule is Cc1c(N2CCC(C(c3ncco3)N(C)C)C2)c(Cl)cc2c(=O)c(C(=O)O)cn(C3CC3F)c12. The van der Waals surface area contributed by atoms with E-state index in [1.807, 2.05) is 21.0 Å². The average Bonchev–Trinajstić information content (AvgIpc) is 3.15. The van der Waals surface area contributed by atoms with Crippen LogP contribution in [0.1, 0.15) is 46.7 Å². The molecule has 2 aliphatic rings. The summed E-state index contributed by atoms with van der Waals surface area (Å²) >= 11 is 6.71. The van der Waals surface area contributed by atoms with Crippen molar-refractivity contribution in [1.82, 2.24) is 14.5 Å². The number of fused-ring (bicyclic) bond motifs is 1. The minimum Gasteiger partial charge on any atom is -0.477 e. The Hall–Kier alpha value is -2.91. The number of anilines is 1. The molecule has 180 valence electrons. The maximum atomic E-state index is 14.1. The molecule has 3 heterocycles. The van der Waals surface area contributed by atoms with Gasteiger partial charge in [0.15, 0.2) is 0 Å². The van der Waals surface area contributed by atoms with E-state index in [2.05, 4.69) is 14.8 Å². The quantitative estimate of drug-likeness (QED) is 0.559. The third-order valence-corrected chi connectivity index (χ3v) is 7.28. The summed E-state index contributed by atoms with van der Waals surface area (Å²) in [5.41, 5.74) is 1.08. The lowest BCUT2D eigenvalue weighted by atomic mass is 9.98. The van der Waals surface area contributed by atoms with Crippen LogP contribution < -0.4 is 10.3 Å². The van der Waals surface area contributed by atoms with Crippen LogP contribution in [-0.4, -0.2) is 58.9 Å². The van der Waals surface area contributed by atoms with E-state index in [4.69, 9.17) is 16.0 Å². The minimum absolute atomic E-state index is 0.00500. The van der Waals surface area contributed by atoms with Crippen LogP contribution in [0, 0.1) is 12.8 Å². The molecular weight excluding hydrogens is 463 g/mol. The van der Waals surface area contributed by atoms with Crippen molar-refractivity contribution in [1.29, 1.82) is 0 Å². The lowest BCUT2D eigenvalue weighted by Crippen LogP contribution is -2.30. The van der Waals surface area contributed by atoms with Crippen molar-refractivity contribution < 1.29 is 18.7 Å². The van der Waals surface area contributed by atoms with Gasteiger partial charge in [-0.3, -0.25) is 9.69 Å². The van der Waals surface area contributed by atoms with Crippen molar-refractivity contribution in [2.45, 2.75) is 38.0 Å². The molecule has 8 nitrogen and oxygen atoms in total. The molecule has 1 saturated carbocycles. The van der Waals surface area contributed by atoms with E-state index in [9.17, 15) is 19.1 Å². The van der Waals surface area contributed by atoms with Crippen LogP contribution in [0.25, 0.3) is 10.9 Å². The molecule has 0 spiro atoms. The first-order valence-corrected chi connectivity index (χ1v) is 11.6. The van der Waals surface area contributed by atoms with Gasteiger partial charge in [-0.15, -0.1) is 0 Å². The van der Waals surface area contributed by atoms with Gasteiger partial charge in [-0.1, -0.05) is 11.6 Å². The molecule has 1 N–H and O–H groups in total. The van der Waals surface area contributed by atoms with Crippen molar-refractivity contribution in [2.75, 3.05) is 32.1 Å². The maximum absolute atomic E-state index is 14.1. The summed E-state index contributed by atoms with van der Waals surface area (Å²) in [6.45, 7) is 3.30. The predicted octanol–water partition coefficient (Wildman–Crippen LogP) is 4.06. The van der Waals surface area contributed by atoms with Gasteiger partial charge in [0.1, 0.15) is 18.0 Å². The van der Waals surface area contributed by atoms with Crippen LogP contribution in [-0.2, 0) is 0 Å². The van der Waals surface area contributed by atoms with Gasteiger partial charge in [0.25, 0.3) is 0 Å². The highest BCUT2D eigenvalue weighted by Crippen LogP contribution is 2.45. The van der Waals surface area contributed by atoms with Gasteiger partial charge in [-0.2, -0.15) is 0 Å². The van der Waals surface area contributed by atoms with Crippen LogP contribution >= 0.6 is 11.6 Å². The van der Waals surface area contributed by atoms with E-state index in [1.165, 1.54) is 12.3 Å². The zero-order valence-corrected chi connectivity index (χ0v) is 19.9. The van der Waals surface area contributed by atoms with Gasteiger partial charge >= 0.3 is 5.97 Å².